The Morgan fingerprint density at radius 1 is 1.43 bits per heavy atom. The van der Waals surface area contributed by atoms with Crippen LogP contribution < -0.4 is 5.32 Å². The maximum atomic E-state index is 5.48. The second-order valence-corrected chi connectivity index (χ2v) is 2.63. The SMILES string of the molecule is Cn1nnc(Nc2nnc(CCl)o2)n1. The van der Waals surface area contributed by atoms with Gasteiger partial charge in [0.2, 0.25) is 5.89 Å². The Balaban J connectivity index is 2.10. The summed E-state index contributed by atoms with van der Waals surface area (Å²) in [5, 5.41) is 21.1. The highest BCUT2D eigenvalue weighted by molar-refractivity contribution is 6.16. The van der Waals surface area contributed by atoms with Gasteiger partial charge in [0.05, 0.1) is 7.05 Å². The van der Waals surface area contributed by atoms with Crippen molar-refractivity contribution >= 4 is 23.6 Å². The van der Waals surface area contributed by atoms with Crippen LogP contribution in [-0.2, 0) is 12.9 Å². The summed E-state index contributed by atoms with van der Waals surface area (Å²) in [6.45, 7) is 0. The van der Waals surface area contributed by atoms with Gasteiger partial charge in [-0.3, -0.25) is 5.32 Å². The summed E-state index contributed by atoms with van der Waals surface area (Å²) >= 11 is 5.48. The molecule has 14 heavy (non-hydrogen) atoms. The highest BCUT2D eigenvalue weighted by Gasteiger charge is 2.07. The molecule has 2 heterocycles. The molecule has 0 radical (unpaired) electrons. The maximum Gasteiger partial charge on any atom is 0.322 e. The molecule has 0 saturated carbocycles. The molecule has 0 bridgehead atoms. The summed E-state index contributed by atoms with van der Waals surface area (Å²) in [5.41, 5.74) is 0. The average Bonchev–Trinajstić information content (AvgIpc) is 2.76. The fourth-order valence-corrected chi connectivity index (χ4v) is 0.896. The topological polar surface area (TPSA) is 94.6 Å². The van der Waals surface area contributed by atoms with Gasteiger partial charge in [0.25, 0.3) is 5.95 Å². The lowest BCUT2D eigenvalue weighted by Gasteiger charge is -1.90. The van der Waals surface area contributed by atoms with E-state index in [-0.39, 0.29) is 17.8 Å². The number of aromatic nitrogens is 6. The molecule has 1 N–H and O–H groups in total. The van der Waals surface area contributed by atoms with Crippen LogP contribution >= 0.6 is 11.6 Å². The van der Waals surface area contributed by atoms with Gasteiger partial charge in [-0.05, 0) is 5.21 Å². The second-order valence-electron chi connectivity index (χ2n) is 2.36. The third-order valence-corrected chi connectivity index (χ3v) is 1.54. The van der Waals surface area contributed by atoms with Crippen molar-refractivity contribution in [1.29, 1.82) is 0 Å². The molecule has 0 saturated heterocycles. The van der Waals surface area contributed by atoms with Crippen molar-refractivity contribution in [2.75, 3.05) is 5.32 Å². The van der Waals surface area contributed by atoms with Crippen molar-refractivity contribution in [2.45, 2.75) is 5.88 Å². The minimum atomic E-state index is 0.169. The minimum Gasteiger partial charge on any atom is -0.407 e. The summed E-state index contributed by atoms with van der Waals surface area (Å²) in [5.74, 6) is 0.790. The van der Waals surface area contributed by atoms with Crippen LogP contribution in [0.1, 0.15) is 5.89 Å². The largest absolute Gasteiger partial charge is 0.407 e. The Labute approximate surface area is 83.3 Å². The van der Waals surface area contributed by atoms with E-state index < -0.39 is 0 Å². The molecule has 8 nitrogen and oxygen atoms in total. The van der Waals surface area contributed by atoms with Crippen molar-refractivity contribution in [3.05, 3.63) is 5.89 Å². The zero-order valence-electron chi connectivity index (χ0n) is 7.18. The summed E-state index contributed by atoms with van der Waals surface area (Å²) in [6.07, 6.45) is 0. The zero-order valence-corrected chi connectivity index (χ0v) is 7.93. The molecule has 2 aromatic rings. The van der Waals surface area contributed by atoms with Crippen LogP contribution in [0, 0.1) is 0 Å². The lowest BCUT2D eigenvalue weighted by molar-refractivity contribution is 0.529. The molecule has 0 atom stereocenters. The van der Waals surface area contributed by atoms with Crippen LogP contribution in [0.2, 0.25) is 0 Å². The standard InChI is InChI=1S/C5H6ClN7O/c1-13-11-4(9-12-13)7-5-10-8-3(2-6)14-5/h2H2,1H3,(H,7,10,11). The van der Waals surface area contributed by atoms with Gasteiger partial charge in [-0.2, -0.15) is 4.80 Å². The number of anilines is 2. The van der Waals surface area contributed by atoms with Crippen molar-refractivity contribution in [2.24, 2.45) is 7.05 Å². The lowest BCUT2D eigenvalue weighted by atomic mass is 10.8. The van der Waals surface area contributed by atoms with Crippen LogP contribution in [0.15, 0.2) is 4.42 Å². The molecular formula is C5H6ClN7O. The number of rotatable bonds is 3. The molecule has 0 fully saturated rings. The first-order valence-corrected chi connectivity index (χ1v) is 4.21. The van der Waals surface area contributed by atoms with Gasteiger partial charge in [0.15, 0.2) is 0 Å². The van der Waals surface area contributed by atoms with Gasteiger partial charge in [0, 0.05) is 0 Å². The third kappa shape index (κ3) is 1.79. The van der Waals surface area contributed by atoms with Crippen molar-refractivity contribution in [3.8, 4) is 0 Å². The van der Waals surface area contributed by atoms with Crippen LogP contribution in [0.5, 0.6) is 0 Å². The first-order valence-electron chi connectivity index (χ1n) is 3.67. The highest BCUT2D eigenvalue weighted by Crippen LogP contribution is 2.10. The number of tetrazole rings is 1. The number of aryl methyl sites for hydroxylation is 1. The van der Waals surface area contributed by atoms with E-state index in [1.54, 1.807) is 7.05 Å². The smallest absolute Gasteiger partial charge is 0.322 e. The molecular weight excluding hydrogens is 210 g/mol. The minimum absolute atomic E-state index is 0.169. The van der Waals surface area contributed by atoms with Gasteiger partial charge in [0.1, 0.15) is 5.88 Å². The second kappa shape index (κ2) is 3.58. The number of hydrogen-bond donors (Lipinski definition) is 1. The number of halogens is 1. The van der Waals surface area contributed by atoms with Gasteiger partial charge in [-0.15, -0.1) is 21.8 Å². The van der Waals surface area contributed by atoms with Crippen LogP contribution in [0.25, 0.3) is 0 Å². The number of alkyl halides is 1. The normalized spacial score (nSPS) is 10.4. The Kier molecular flexibility index (Phi) is 2.27. The fourth-order valence-electron chi connectivity index (χ4n) is 0.788. The van der Waals surface area contributed by atoms with Crippen LogP contribution in [0.3, 0.4) is 0 Å². The quantitative estimate of drug-likeness (QED) is 0.724. The molecule has 0 aliphatic carbocycles. The zero-order chi connectivity index (χ0) is 9.97. The average molecular weight is 216 g/mol. The summed E-state index contributed by atoms with van der Waals surface area (Å²) in [4.78, 5) is 1.31. The molecule has 0 aliphatic rings. The van der Waals surface area contributed by atoms with Gasteiger partial charge in [-0.25, -0.2) is 0 Å². The summed E-state index contributed by atoms with van der Waals surface area (Å²) < 4.78 is 5.06. The Morgan fingerprint density at radius 3 is 2.86 bits per heavy atom. The Morgan fingerprint density at radius 2 is 2.29 bits per heavy atom. The van der Waals surface area contributed by atoms with Crippen LogP contribution in [-0.4, -0.2) is 30.4 Å². The molecule has 0 aromatic carbocycles. The van der Waals surface area contributed by atoms with E-state index in [0.29, 0.717) is 5.89 Å². The van der Waals surface area contributed by atoms with Crippen molar-refractivity contribution in [3.63, 3.8) is 0 Å². The predicted molar refractivity (Wildman–Crippen MR) is 45.9 cm³/mol. The van der Waals surface area contributed by atoms with Gasteiger partial charge < -0.3 is 4.42 Å². The van der Waals surface area contributed by atoms with Gasteiger partial charge >= 0.3 is 6.01 Å². The number of nitrogens with zero attached hydrogens (tertiary/aromatic N) is 6. The molecule has 2 rings (SSSR count). The van der Waals surface area contributed by atoms with Crippen molar-refractivity contribution < 1.29 is 4.42 Å². The predicted octanol–water partition coefficient (Wildman–Crippen LogP) is 0.0755. The molecule has 2 aromatic heterocycles. The molecule has 9 heteroatoms. The monoisotopic (exact) mass is 215 g/mol. The highest BCUT2D eigenvalue weighted by atomic mass is 35.5. The van der Waals surface area contributed by atoms with Gasteiger partial charge in [-0.1, -0.05) is 10.2 Å². The van der Waals surface area contributed by atoms with Crippen LogP contribution in [0.4, 0.5) is 12.0 Å². The molecule has 74 valence electrons. The van der Waals surface area contributed by atoms with E-state index in [2.05, 4.69) is 30.9 Å². The fraction of sp³-hybridized carbons (Fsp3) is 0.400. The van der Waals surface area contributed by atoms with E-state index in [1.165, 1.54) is 4.80 Å². The molecule has 0 spiro atoms. The van der Waals surface area contributed by atoms with E-state index in [4.69, 9.17) is 16.0 Å². The van der Waals surface area contributed by atoms with E-state index in [1.807, 2.05) is 0 Å². The van der Waals surface area contributed by atoms with E-state index in [9.17, 15) is 0 Å². The Bertz CT molecular complexity index is 423. The summed E-state index contributed by atoms with van der Waals surface area (Å²) in [7, 11) is 1.65. The molecule has 0 amide bonds. The lowest BCUT2D eigenvalue weighted by Crippen LogP contribution is -1.95. The number of nitrogens with one attached hydrogen (secondary N) is 1. The molecule has 0 unspecified atom stereocenters. The van der Waals surface area contributed by atoms with E-state index >= 15 is 0 Å². The first kappa shape index (κ1) is 8.88. The molecule has 0 aliphatic heterocycles. The number of hydrogen-bond acceptors (Lipinski definition) is 7. The van der Waals surface area contributed by atoms with Crippen molar-refractivity contribution in [1.82, 2.24) is 30.4 Å². The Hall–Kier alpha value is -1.70. The summed E-state index contributed by atoms with van der Waals surface area (Å²) in [6, 6.07) is 0.189. The first-order chi connectivity index (χ1) is 6.78. The van der Waals surface area contributed by atoms with E-state index in [0.717, 1.165) is 0 Å². The third-order valence-electron chi connectivity index (χ3n) is 1.31. The maximum absolute atomic E-state index is 5.48.